The number of aliphatic hydroxyl groups excluding tert-OH is 3. The van der Waals surface area contributed by atoms with E-state index in [-0.39, 0.29) is 18.4 Å². The molecule has 5 N–H and O–H groups in total. The zero-order valence-corrected chi connectivity index (χ0v) is 26.6. The number of thioether (sulfide) groups is 1. The molecule has 1 saturated heterocycles. The van der Waals surface area contributed by atoms with Crippen molar-refractivity contribution in [3.8, 4) is 0 Å². The molecule has 0 aromatic heterocycles. The van der Waals surface area contributed by atoms with Gasteiger partial charge in [-0.2, -0.15) is 0 Å². The predicted molar refractivity (Wildman–Crippen MR) is 175 cm³/mol. The number of rotatable bonds is 17. The first-order chi connectivity index (χ1) is 21.2. The normalized spacial score (nSPS) is 21.5. The molecular weight excluding hydrogens is 578 g/mol. The first-order valence-electron chi connectivity index (χ1n) is 15.0. The Hall–Kier alpha value is -2.99. The number of nitrogens with zero attached hydrogens (tertiary/aromatic N) is 1. The molecule has 44 heavy (non-hydrogen) atoms. The van der Waals surface area contributed by atoms with E-state index in [1.165, 1.54) is 11.8 Å². The number of carbonyl (C=O) groups is 2. The van der Waals surface area contributed by atoms with Crippen LogP contribution in [-0.2, 0) is 27.2 Å². The second-order valence-electron chi connectivity index (χ2n) is 11.1. The van der Waals surface area contributed by atoms with Crippen molar-refractivity contribution in [2.45, 2.75) is 62.5 Å². The van der Waals surface area contributed by atoms with Gasteiger partial charge in [0, 0.05) is 32.6 Å². The third-order valence-corrected chi connectivity index (χ3v) is 8.62. The lowest BCUT2D eigenvalue weighted by atomic mass is 9.91. The molecule has 240 valence electrons. The van der Waals surface area contributed by atoms with Crippen LogP contribution in [0.15, 0.2) is 67.8 Å². The number of aryl methyl sites for hydroxylation is 2. The van der Waals surface area contributed by atoms with E-state index in [1.807, 2.05) is 37.3 Å². The van der Waals surface area contributed by atoms with Gasteiger partial charge in [-0.25, -0.2) is 0 Å². The quantitative estimate of drug-likeness (QED) is 0.170. The highest BCUT2D eigenvalue weighted by Gasteiger charge is 2.44. The van der Waals surface area contributed by atoms with Crippen molar-refractivity contribution < 1.29 is 29.6 Å². The van der Waals surface area contributed by atoms with E-state index in [2.05, 4.69) is 53.0 Å². The summed E-state index contributed by atoms with van der Waals surface area (Å²) in [4.78, 5) is 26.4. The molecule has 9 nitrogen and oxygen atoms in total. The molecule has 2 aromatic rings. The third kappa shape index (κ3) is 10.6. The van der Waals surface area contributed by atoms with Crippen LogP contribution in [0.5, 0.6) is 0 Å². The Morgan fingerprint density at radius 1 is 0.955 bits per heavy atom. The molecule has 0 unspecified atom stereocenters. The summed E-state index contributed by atoms with van der Waals surface area (Å²) in [7, 11) is 0. The molecule has 0 radical (unpaired) electrons. The standard InChI is InChI=1S/C34H47N3O6S/c1-5-17-37(18-6-2)19-16-35-29(39)22-36-28(38)9-7-8-24-11-13-25(14-12-24)20-27-21-26(15-10-23(27)3)33-31(41)30(40)32(42)34(43-33)44-4/h5-6,10-15,21,30-34,40-42H,1-2,7-9,16-20,22H2,3-4H3,(H,35,39)(H,36,38)/t30-,31-,32+,33+,34-/m1/s1. The molecule has 1 fully saturated rings. The number of hydrogen-bond donors (Lipinski definition) is 5. The van der Waals surface area contributed by atoms with Gasteiger partial charge in [0.15, 0.2) is 0 Å². The van der Waals surface area contributed by atoms with Gasteiger partial charge in [0.05, 0.1) is 6.54 Å². The molecule has 0 spiro atoms. The van der Waals surface area contributed by atoms with Crippen molar-refractivity contribution >= 4 is 23.6 Å². The van der Waals surface area contributed by atoms with Crippen LogP contribution in [0, 0.1) is 6.92 Å². The maximum Gasteiger partial charge on any atom is 0.239 e. The van der Waals surface area contributed by atoms with E-state index in [9.17, 15) is 24.9 Å². The SMILES string of the molecule is C=CCN(CC=C)CCNC(=O)CNC(=O)CCCc1ccc(Cc2cc([C@@H]3O[C@H](SC)[C@@H](O)[C@H](O)[C@H]3O)ccc2C)cc1. The van der Waals surface area contributed by atoms with Gasteiger partial charge in [0.1, 0.15) is 29.9 Å². The summed E-state index contributed by atoms with van der Waals surface area (Å²) in [5.74, 6) is -0.361. The number of nitrogens with one attached hydrogen (secondary N) is 2. The van der Waals surface area contributed by atoms with Crippen molar-refractivity contribution in [1.29, 1.82) is 0 Å². The van der Waals surface area contributed by atoms with Crippen LogP contribution in [0.4, 0.5) is 0 Å². The summed E-state index contributed by atoms with van der Waals surface area (Å²) in [5.41, 5.74) is 4.57. The number of ether oxygens (including phenoxy) is 1. The summed E-state index contributed by atoms with van der Waals surface area (Å²) in [6.07, 6.45) is 3.46. The first-order valence-corrected chi connectivity index (χ1v) is 16.3. The summed E-state index contributed by atoms with van der Waals surface area (Å²) in [6.45, 7) is 12.1. The molecule has 1 aliphatic rings. The minimum absolute atomic E-state index is 0.0381. The van der Waals surface area contributed by atoms with Gasteiger partial charge in [-0.3, -0.25) is 14.5 Å². The topological polar surface area (TPSA) is 131 Å². The third-order valence-electron chi connectivity index (χ3n) is 7.76. The molecule has 2 aromatic carbocycles. The van der Waals surface area contributed by atoms with Gasteiger partial charge in [0.2, 0.25) is 11.8 Å². The average Bonchev–Trinajstić information content (AvgIpc) is 3.01. The van der Waals surface area contributed by atoms with Gasteiger partial charge in [-0.1, -0.05) is 54.6 Å². The fourth-order valence-electron chi connectivity index (χ4n) is 5.18. The van der Waals surface area contributed by atoms with Gasteiger partial charge in [-0.05, 0) is 60.3 Å². The van der Waals surface area contributed by atoms with Crippen molar-refractivity contribution in [2.75, 3.05) is 39.0 Å². The largest absolute Gasteiger partial charge is 0.387 e. The highest BCUT2D eigenvalue weighted by atomic mass is 32.2. The second kappa shape index (κ2) is 18.1. The number of carbonyl (C=O) groups excluding carboxylic acids is 2. The Balaban J connectivity index is 1.43. The van der Waals surface area contributed by atoms with Crippen LogP contribution in [0.1, 0.15) is 46.8 Å². The zero-order chi connectivity index (χ0) is 32.1. The van der Waals surface area contributed by atoms with Crippen molar-refractivity contribution in [3.05, 3.63) is 95.6 Å². The maximum atomic E-state index is 12.2. The Bertz CT molecular complexity index is 1230. The van der Waals surface area contributed by atoms with Crippen LogP contribution in [0.2, 0.25) is 0 Å². The maximum absolute atomic E-state index is 12.2. The summed E-state index contributed by atoms with van der Waals surface area (Å²) >= 11 is 1.30. The van der Waals surface area contributed by atoms with Gasteiger partial charge in [0.25, 0.3) is 0 Å². The fraction of sp³-hybridized carbons (Fsp3) is 0.471. The lowest BCUT2D eigenvalue weighted by Crippen LogP contribution is -2.52. The van der Waals surface area contributed by atoms with E-state index in [1.54, 1.807) is 6.26 Å². The van der Waals surface area contributed by atoms with Gasteiger partial charge in [-0.15, -0.1) is 24.9 Å². The Morgan fingerprint density at radius 3 is 2.30 bits per heavy atom. The summed E-state index contributed by atoms with van der Waals surface area (Å²) < 4.78 is 5.94. The monoisotopic (exact) mass is 625 g/mol. The summed E-state index contributed by atoms with van der Waals surface area (Å²) in [6, 6.07) is 14.2. The Labute approximate surface area is 265 Å². The van der Waals surface area contributed by atoms with Crippen LogP contribution in [0.25, 0.3) is 0 Å². The minimum atomic E-state index is -1.29. The highest BCUT2D eigenvalue weighted by Crippen LogP contribution is 2.36. The molecule has 0 aliphatic carbocycles. The zero-order valence-electron chi connectivity index (χ0n) is 25.8. The van der Waals surface area contributed by atoms with Crippen LogP contribution in [-0.4, -0.2) is 94.8 Å². The van der Waals surface area contributed by atoms with E-state index in [0.29, 0.717) is 32.4 Å². The first kappa shape index (κ1) is 35.5. The van der Waals surface area contributed by atoms with E-state index in [4.69, 9.17) is 4.74 Å². The molecular formula is C34H47N3O6S. The lowest BCUT2D eigenvalue weighted by molar-refractivity contribution is -0.200. The smallest absolute Gasteiger partial charge is 0.239 e. The number of amides is 2. The highest BCUT2D eigenvalue weighted by molar-refractivity contribution is 7.99. The molecule has 0 saturated carbocycles. The van der Waals surface area contributed by atoms with Gasteiger partial charge >= 0.3 is 0 Å². The second-order valence-corrected chi connectivity index (χ2v) is 12.1. The molecule has 5 atom stereocenters. The average molecular weight is 626 g/mol. The van der Waals surface area contributed by atoms with Crippen LogP contribution < -0.4 is 10.6 Å². The van der Waals surface area contributed by atoms with Gasteiger partial charge < -0.3 is 30.7 Å². The summed E-state index contributed by atoms with van der Waals surface area (Å²) in [5, 5.41) is 36.6. The molecule has 2 amide bonds. The molecule has 0 bridgehead atoms. The van der Waals surface area contributed by atoms with E-state index >= 15 is 0 Å². The molecule has 1 aliphatic heterocycles. The molecule has 1 heterocycles. The van der Waals surface area contributed by atoms with Crippen LogP contribution in [0.3, 0.4) is 0 Å². The van der Waals surface area contributed by atoms with Crippen molar-refractivity contribution in [3.63, 3.8) is 0 Å². The van der Waals surface area contributed by atoms with E-state index in [0.717, 1.165) is 47.3 Å². The minimum Gasteiger partial charge on any atom is -0.387 e. The fourth-order valence-corrected chi connectivity index (χ4v) is 5.85. The van der Waals surface area contributed by atoms with Crippen molar-refractivity contribution in [1.82, 2.24) is 15.5 Å². The van der Waals surface area contributed by atoms with E-state index < -0.39 is 29.9 Å². The molecule has 10 heteroatoms. The number of hydrogen-bond acceptors (Lipinski definition) is 8. The number of aliphatic hydroxyl groups is 3. The lowest BCUT2D eigenvalue weighted by Gasteiger charge is -2.40. The predicted octanol–water partition coefficient (Wildman–Crippen LogP) is 2.66. The Kier molecular flexibility index (Phi) is 14.6. The Morgan fingerprint density at radius 2 is 1.64 bits per heavy atom. The molecule has 3 rings (SSSR count). The van der Waals surface area contributed by atoms with Crippen LogP contribution >= 0.6 is 11.8 Å². The number of benzene rings is 2. The van der Waals surface area contributed by atoms with Crippen molar-refractivity contribution in [2.24, 2.45) is 0 Å².